The van der Waals surface area contributed by atoms with Crippen LogP contribution < -0.4 is 5.32 Å². The number of aromatic nitrogens is 2. The predicted octanol–water partition coefficient (Wildman–Crippen LogP) is 3.61. The molecule has 0 amide bonds. The number of thioether (sulfide) groups is 1. The van der Waals surface area contributed by atoms with E-state index in [1.54, 1.807) is 11.8 Å². The van der Waals surface area contributed by atoms with E-state index in [4.69, 9.17) is 11.6 Å². The van der Waals surface area contributed by atoms with Gasteiger partial charge in [-0.05, 0) is 55.1 Å². The van der Waals surface area contributed by atoms with E-state index in [9.17, 15) is 0 Å². The Morgan fingerprint density at radius 1 is 1.29 bits per heavy atom. The van der Waals surface area contributed by atoms with Gasteiger partial charge in [-0.2, -0.15) is 0 Å². The van der Waals surface area contributed by atoms with Gasteiger partial charge < -0.3 is 10.3 Å². The van der Waals surface area contributed by atoms with Gasteiger partial charge in [0.05, 0.1) is 0 Å². The van der Waals surface area contributed by atoms with Crippen LogP contribution in [0.15, 0.2) is 23.5 Å². The molecular weight excluding hydrogens is 302 g/mol. The van der Waals surface area contributed by atoms with Crippen LogP contribution >= 0.6 is 23.4 Å². The van der Waals surface area contributed by atoms with Crippen molar-refractivity contribution in [3.63, 3.8) is 0 Å². The summed E-state index contributed by atoms with van der Waals surface area (Å²) in [6, 6.07) is 4.22. The number of nitrogens with one attached hydrogen (secondary N) is 2. The zero-order valence-corrected chi connectivity index (χ0v) is 13.8. The Morgan fingerprint density at radius 3 is 2.95 bits per heavy atom. The third-order valence-corrected chi connectivity index (χ3v) is 5.20. The van der Waals surface area contributed by atoms with Crippen molar-refractivity contribution in [2.75, 3.05) is 13.1 Å². The number of aromatic amines is 1. The number of hydrogen-bond acceptors (Lipinski definition) is 3. The molecule has 1 aromatic heterocycles. The first-order chi connectivity index (χ1) is 10.3. The fraction of sp³-hybridized carbons (Fsp3) is 0.438. The van der Waals surface area contributed by atoms with E-state index >= 15 is 0 Å². The second-order valence-corrected chi connectivity index (χ2v) is 6.64. The van der Waals surface area contributed by atoms with E-state index in [0.29, 0.717) is 0 Å². The molecule has 1 aliphatic rings. The molecule has 3 rings (SSSR count). The Bertz CT molecular complexity index is 624. The van der Waals surface area contributed by atoms with Crippen molar-refractivity contribution in [3.05, 3.63) is 45.7 Å². The summed E-state index contributed by atoms with van der Waals surface area (Å²) in [6.45, 7) is 4.22. The molecule has 0 radical (unpaired) electrons. The monoisotopic (exact) mass is 321 g/mol. The van der Waals surface area contributed by atoms with Crippen LogP contribution in [0.2, 0.25) is 5.02 Å². The molecule has 1 aliphatic heterocycles. The molecule has 0 saturated heterocycles. The second-order valence-electron chi connectivity index (χ2n) is 5.27. The number of imidazole rings is 1. The number of benzene rings is 1. The largest absolute Gasteiger partial charge is 0.337 e. The molecular formula is C16H20ClN3S. The molecule has 5 heteroatoms. The van der Waals surface area contributed by atoms with Crippen LogP contribution in [0.1, 0.15) is 29.3 Å². The van der Waals surface area contributed by atoms with Gasteiger partial charge in [0.25, 0.3) is 0 Å². The zero-order valence-electron chi connectivity index (χ0n) is 12.2. The zero-order chi connectivity index (χ0) is 14.7. The summed E-state index contributed by atoms with van der Waals surface area (Å²) in [4.78, 5) is 7.76. The van der Waals surface area contributed by atoms with Gasteiger partial charge in [0.15, 0.2) is 5.16 Å². The number of nitrogens with zero attached hydrogens (tertiary/aromatic N) is 1. The van der Waals surface area contributed by atoms with Gasteiger partial charge in [0, 0.05) is 22.7 Å². The van der Waals surface area contributed by atoms with Crippen molar-refractivity contribution in [1.29, 1.82) is 0 Å². The first-order valence-electron chi connectivity index (χ1n) is 7.44. The molecule has 2 heterocycles. The quantitative estimate of drug-likeness (QED) is 0.845. The standard InChI is InChI=1S/C16H20ClN3S/c1-2-12-9-19-16(20-12)21-10-14-13-6-8-18-7-5-11(13)3-4-15(14)17/h3-4,9,18H,2,5-8,10H2,1H3,(H,19,20). The Morgan fingerprint density at radius 2 is 2.14 bits per heavy atom. The van der Waals surface area contributed by atoms with Crippen LogP contribution in [0.3, 0.4) is 0 Å². The van der Waals surface area contributed by atoms with E-state index in [-0.39, 0.29) is 0 Å². The fourth-order valence-corrected chi connectivity index (χ4v) is 3.97. The summed E-state index contributed by atoms with van der Waals surface area (Å²) in [5.74, 6) is 0.874. The Labute approximate surface area is 134 Å². The van der Waals surface area contributed by atoms with Gasteiger partial charge >= 0.3 is 0 Å². The molecule has 0 atom stereocenters. The maximum Gasteiger partial charge on any atom is 0.165 e. The highest BCUT2D eigenvalue weighted by molar-refractivity contribution is 7.98. The Balaban J connectivity index is 1.81. The minimum absolute atomic E-state index is 0.874. The molecule has 0 aliphatic carbocycles. The molecule has 0 bridgehead atoms. The topological polar surface area (TPSA) is 40.7 Å². The molecule has 0 fully saturated rings. The van der Waals surface area contributed by atoms with Crippen molar-refractivity contribution in [1.82, 2.24) is 15.3 Å². The average molecular weight is 322 g/mol. The van der Waals surface area contributed by atoms with Crippen molar-refractivity contribution in [2.24, 2.45) is 0 Å². The summed E-state index contributed by atoms with van der Waals surface area (Å²) in [5.41, 5.74) is 5.33. The van der Waals surface area contributed by atoms with E-state index in [0.717, 1.165) is 48.3 Å². The highest BCUT2D eigenvalue weighted by atomic mass is 35.5. The summed E-state index contributed by atoms with van der Waals surface area (Å²) >= 11 is 8.18. The lowest BCUT2D eigenvalue weighted by atomic mass is 9.98. The number of halogens is 1. The van der Waals surface area contributed by atoms with Gasteiger partial charge in [-0.3, -0.25) is 0 Å². The van der Waals surface area contributed by atoms with Crippen LogP contribution in [0, 0.1) is 0 Å². The lowest BCUT2D eigenvalue weighted by molar-refractivity contribution is 0.710. The van der Waals surface area contributed by atoms with E-state index < -0.39 is 0 Å². The highest BCUT2D eigenvalue weighted by Gasteiger charge is 2.15. The summed E-state index contributed by atoms with van der Waals surface area (Å²) in [6.07, 6.45) is 5.05. The normalized spacial score (nSPS) is 14.8. The van der Waals surface area contributed by atoms with E-state index in [1.807, 2.05) is 12.3 Å². The number of aryl methyl sites for hydroxylation is 1. The molecule has 0 saturated carbocycles. The highest BCUT2D eigenvalue weighted by Crippen LogP contribution is 2.31. The second kappa shape index (κ2) is 6.86. The van der Waals surface area contributed by atoms with Gasteiger partial charge in [-0.15, -0.1) is 0 Å². The predicted molar refractivity (Wildman–Crippen MR) is 89.3 cm³/mol. The van der Waals surface area contributed by atoms with Crippen molar-refractivity contribution in [2.45, 2.75) is 37.1 Å². The molecule has 2 N–H and O–H groups in total. The number of H-pyrrole nitrogens is 1. The van der Waals surface area contributed by atoms with Crippen molar-refractivity contribution >= 4 is 23.4 Å². The van der Waals surface area contributed by atoms with E-state index in [2.05, 4.69) is 28.3 Å². The third kappa shape index (κ3) is 3.44. The summed E-state index contributed by atoms with van der Waals surface area (Å²) in [7, 11) is 0. The molecule has 0 unspecified atom stereocenters. The van der Waals surface area contributed by atoms with Gasteiger partial charge in [0.1, 0.15) is 0 Å². The number of rotatable bonds is 4. The van der Waals surface area contributed by atoms with Crippen LogP contribution in [0.4, 0.5) is 0 Å². The molecule has 1 aromatic carbocycles. The lowest BCUT2D eigenvalue weighted by Crippen LogP contribution is -2.16. The van der Waals surface area contributed by atoms with Crippen LogP contribution in [0.25, 0.3) is 0 Å². The van der Waals surface area contributed by atoms with E-state index in [1.165, 1.54) is 22.4 Å². The Hall–Kier alpha value is -0.970. The molecule has 3 nitrogen and oxygen atoms in total. The Kier molecular flexibility index (Phi) is 4.88. The summed E-state index contributed by atoms with van der Waals surface area (Å²) < 4.78 is 0. The minimum Gasteiger partial charge on any atom is -0.337 e. The number of hydrogen-bond donors (Lipinski definition) is 2. The van der Waals surface area contributed by atoms with Crippen molar-refractivity contribution < 1.29 is 0 Å². The number of fused-ring (bicyclic) bond motifs is 1. The lowest BCUT2D eigenvalue weighted by Gasteiger charge is -2.13. The van der Waals surface area contributed by atoms with Crippen LogP contribution in [-0.4, -0.2) is 23.1 Å². The summed E-state index contributed by atoms with van der Waals surface area (Å²) in [5, 5.41) is 5.32. The van der Waals surface area contributed by atoms with Gasteiger partial charge in [0.2, 0.25) is 0 Å². The first-order valence-corrected chi connectivity index (χ1v) is 8.80. The molecule has 0 spiro atoms. The average Bonchev–Trinajstić information content (AvgIpc) is 2.82. The maximum atomic E-state index is 6.45. The van der Waals surface area contributed by atoms with Crippen LogP contribution in [-0.2, 0) is 25.0 Å². The fourth-order valence-electron chi connectivity index (χ4n) is 2.71. The van der Waals surface area contributed by atoms with Crippen molar-refractivity contribution in [3.8, 4) is 0 Å². The van der Waals surface area contributed by atoms with Crippen LogP contribution in [0.5, 0.6) is 0 Å². The first kappa shape index (κ1) is 14.9. The van der Waals surface area contributed by atoms with Gasteiger partial charge in [-0.1, -0.05) is 36.4 Å². The smallest absolute Gasteiger partial charge is 0.165 e. The van der Waals surface area contributed by atoms with Gasteiger partial charge in [-0.25, -0.2) is 4.98 Å². The third-order valence-electron chi connectivity index (χ3n) is 3.93. The molecule has 112 valence electrons. The molecule has 21 heavy (non-hydrogen) atoms. The molecule has 2 aromatic rings. The minimum atomic E-state index is 0.874. The SMILES string of the molecule is CCc1cnc(SCc2c(Cl)ccc3c2CCNCC3)[nH]1. The maximum absolute atomic E-state index is 6.45.